The molecule has 0 aliphatic rings. The summed E-state index contributed by atoms with van der Waals surface area (Å²) in [6.07, 6.45) is 0. The van der Waals surface area contributed by atoms with Crippen molar-refractivity contribution < 1.29 is 22.5 Å². The van der Waals surface area contributed by atoms with Gasteiger partial charge < -0.3 is 4.55 Å². The van der Waals surface area contributed by atoms with Crippen LogP contribution >= 0.6 is 0 Å². The highest BCUT2D eigenvalue weighted by Gasteiger charge is 2.19. The van der Waals surface area contributed by atoms with Crippen LogP contribution in [0.5, 0.6) is 0 Å². The van der Waals surface area contributed by atoms with E-state index in [1.54, 1.807) is 0 Å². The molecule has 1 unspecified atom stereocenters. The molecule has 1 atom stereocenters. The molecule has 1 rings (SSSR count). The van der Waals surface area contributed by atoms with Gasteiger partial charge in [-0.3, -0.25) is 10.1 Å². The number of nitrogens with zero attached hydrogens (tertiary/aromatic N) is 1. The van der Waals surface area contributed by atoms with Crippen LogP contribution in [-0.4, -0.2) is 13.7 Å². The number of hydrogen-bond donors (Lipinski definition) is 1. The van der Waals surface area contributed by atoms with Crippen LogP contribution in [0.25, 0.3) is 0 Å². The Morgan fingerprint density at radius 2 is 2.00 bits per heavy atom. The van der Waals surface area contributed by atoms with Gasteiger partial charge in [-0.15, -0.1) is 0 Å². The van der Waals surface area contributed by atoms with E-state index in [2.05, 4.69) is 0 Å². The van der Waals surface area contributed by atoms with E-state index < -0.39 is 39.1 Å². The summed E-state index contributed by atoms with van der Waals surface area (Å²) in [5.41, 5.74) is -1.29. The van der Waals surface area contributed by atoms with Crippen molar-refractivity contribution in [3.05, 3.63) is 39.4 Å². The van der Waals surface area contributed by atoms with E-state index in [0.29, 0.717) is 12.1 Å². The predicted molar refractivity (Wildman–Crippen MR) is 47.5 cm³/mol. The Balaban J connectivity index is 3.23. The molecule has 0 saturated heterocycles. The number of nitro benzene ring substituents is 1. The van der Waals surface area contributed by atoms with Crippen LogP contribution in [0.3, 0.4) is 0 Å². The number of rotatable bonds is 3. The fourth-order valence-electron chi connectivity index (χ4n) is 0.964. The highest BCUT2D eigenvalue weighted by Crippen LogP contribution is 2.22. The van der Waals surface area contributed by atoms with Gasteiger partial charge in [-0.2, -0.15) is 4.39 Å². The number of benzene rings is 1. The zero-order valence-electron chi connectivity index (χ0n) is 7.15. The first-order chi connectivity index (χ1) is 6.91. The Labute approximate surface area is 85.2 Å². The van der Waals surface area contributed by atoms with Crippen molar-refractivity contribution in [3.63, 3.8) is 0 Å². The molecule has 0 aromatic heterocycles. The normalized spacial score (nSPS) is 12.5. The minimum atomic E-state index is -2.34. The zero-order valence-corrected chi connectivity index (χ0v) is 7.96. The maximum Gasteiger partial charge on any atom is 0.305 e. The van der Waals surface area contributed by atoms with Crippen LogP contribution in [0.1, 0.15) is 5.56 Å². The lowest BCUT2D eigenvalue weighted by Crippen LogP contribution is -2.01. The lowest BCUT2D eigenvalue weighted by molar-refractivity contribution is -0.387. The molecule has 82 valence electrons. The van der Waals surface area contributed by atoms with Gasteiger partial charge >= 0.3 is 5.69 Å². The van der Waals surface area contributed by atoms with E-state index >= 15 is 0 Å². The first-order valence-electron chi connectivity index (χ1n) is 3.61. The van der Waals surface area contributed by atoms with Gasteiger partial charge in [0.2, 0.25) is 5.82 Å². The third-order valence-electron chi connectivity index (χ3n) is 1.59. The molecule has 0 spiro atoms. The molecule has 0 aliphatic heterocycles. The lowest BCUT2D eigenvalue weighted by Gasteiger charge is -2.00. The Hall–Kier alpha value is -1.41. The lowest BCUT2D eigenvalue weighted by atomic mass is 10.2. The second-order valence-corrected chi connectivity index (χ2v) is 3.55. The molecule has 1 aromatic carbocycles. The van der Waals surface area contributed by atoms with Crippen LogP contribution in [0, 0.1) is 21.7 Å². The summed E-state index contributed by atoms with van der Waals surface area (Å²) in [5.74, 6) is -3.02. The van der Waals surface area contributed by atoms with Crippen molar-refractivity contribution in [2.24, 2.45) is 0 Å². The standard InChI is InChI=1S/C7H5F2NO4S/c8-5-2-6(9)7(10(11)12)1-4(5)3-15(13)14/h1-2H,3H2,(H,13,14). The van der Waals surface area contributed by atoms with Gasteiger partial charge in [0.1, 0.15) is 5.82 Å². The van der Waals surface area contributed by atoms with E-state index in [4.69, 9.17) is 4.55 Å². The van der Waals surface area contributed by atoms with Crippen molar-refractivity contribution in [1.29, 1.82) is 0 Å². The Morgan fingerprint density at radius 3 is 2.47 bits per heavy atom. The smallest absolute Gasteiger partial charge is 0.305 e. The van der Waals surface area contributed by atoms with Crippen molar-refractivity contribution in [2.45, 2.75) is 5.75 Å². The van der Waals surface area contributed by atoms with Crippen LogP contribution in [0.15, 0.2) is 12.1 Å². The van der Waals surface area contributed by atoms with Gasteiger partial charge in [-0.05, 0) is 0 Å². The molecule has 0 amide bonds. The Morgan fingerprint density at radius 1 is 1.40 bits per heavy atom. The Bertz CT molecular complexity index is 437. The maximum atomic E-state index is 12.9. The van der Waals surface area contributed by atoms with Gasteiger partial charge in [0, 0.05) is 17.7 Å². The molecule has 0 aliphatic carbocycles. The van der Waals surface area contributed by atoms with Gasteiger partial charge in [0.15, 0.2) is 11.1 Å². The fraction of sp³-hybridized carbons (Fsp3) is 0.143. The summed E-state index contributed by atoms with van der Waals surface area (Å²) in [4.78, 5) is 9.25. The third kappa shape index (κ3) is 2.77. The summed E-state index contributed by atoms with van der Waals surface area (Å²) < 4.78 is 44.6. The molecule has 0 fully saturated rings. The molecular formula is C7H5F2NO4S. The maximum absolute atomic E-state index is 12.9. The van der Waals surface area contributed by atoms with Crippen LogP contribution in [0.2, 0.25) is 0 Å². The highest BCUT2D eigenvalue weighted by molar-refractivity contribution is 7.78. The monoisotopic (exact) mass is 237 g/mol. The largest absolute Gasteiger partial charge is 0.306 e. The minimum Gasteiger partial charge on any atom is -0.306 e. The summed E-state index contributed by atoms with van der Waals surface area (Å²) in [5, 5.41) is 10.3. The molecule has 8 heteroatoms. The molecule has 1 N–H and O–H groups in total. The van der Waals surface area contributed by atoms with Crippen molar-refractivity contribution in [1.82, 2.24) is 0 Å². The molecule has 0 radical (unpaired) electrons. The van der Waals surface area contributed by atoms with E-state index in [9.17, 15) is 23.1 Å². The van der Waals surface area contributed by atoms with Crippen molar-refractivity contribution >= 4 is 16.8 Å². The molecule has 5 nitrogen and oxygen atoms in total. The summed E-state index contributed by atoms with van der Waals surface area (Å²) in [7, 11) is 0. The zero-order chi connectivity index (χ0) is 11.6. The molecule has 15 heavy (non-hydrogen) atoms. The second-order valence-electron chi connectivity index (χ2n) is 2.62. The molecule has 1 aromatic rings. The van der Waals surface area contributed by atoms with Crippen LogP contribution in [0.4, 0.5) is 14.5 Å². The van der Waals surface area contributed by atoms with E-state index in [1.165, 1.54) is 0 Å². The quantitative estimate of drug-likeness (QED) is 0.491. The van der Waals surface area contributed by atoms with Gasteiger partial charge in [-0.25, -0.2) is 8.60 Å². The predicted octanol–water partition coefficient (Wildman–Crippen LogP) is 1.59. The highest BCUT2D eigenvalue weighted by atomic mass is 32.2. The molecule has 0 heterocycles. The van der Waals surface area contributed by atoms with E-state index in [0.717, 1.165) is 0 Å². The average molecular weight is 237 g/mol. The second kappa shape index (κ2) is 4.41. The van der Waals surface area contributed by atoms with Gasteiger partial charge in [0.25, 0.3) is 0 Å². The third-order valence-corrected chi connectivity index (χ3v) is 2.15. The Kier molecular flexibility index (Phi) is 3.43. The summed E-state index contributed by atoms with van der Waals surface area (Å²) >= 11 is -2.34. The van der Waals surface area contributed by atoms with Crippen molar-refractivity contribution in [2.75, 3.05) is 0 Å². The molecule has 0 saturated carbocycles. The summed E-state index contributed by atoms with van der Waals surface area (Å²) in [6.45, 7) is 0. The average Bonchev–Trinajstić information content (AvgIpc) is 2.08. The van der Waals surface area contributed by atoms with E-state index in [1.807, 2.05) is 0 Å². The molecule has 0 bridgehead atoms. The number of nitro groups is 1. The van der Waals surface area contributed by atoms with E-state index in [-0.39, 0.29) is 5.56 Å². The van der Waals surface area contributed by atoms with Crippen molar-refractivity contribution in [3.8, 4) is 0 Å². The molecular weight excluding hydrogens is 232 g/mol. The SMILES string of the molecule is O=[N+]([O-])c1cc(CS(=O)O)c(F)cc1F. The number of hydrogen-bond acceptors (Lipinski definition) is 3. The first-order valence-corrected chi connectivity index (χ1v) is 4.89. The first kappa shape index (κ1) is 11.7. The fourth-order valence-corrected chi connectivity index (χ4v) is 1.45. The van der Waals surface area contributed by atoms with Crippen LogP contribution < -0.4 is 0 Å². The van der Waals surface area contributed by atoms with Gasteiger partial charge in [-0.1, -0.05) is 0 Å². The summed E-state index contributed by atoms with van der Waals surface area (Å²) in [6, 6.07) is 0.930. The number of halogens is 2. The van der Waals surface area contributed by atoms with Gasteiger partial charge in [0.05, 0.1) is 10.7 Å². The minimum absolute atomic E-state index is 0.320. The topological polar surface area (TPSA) is 80.4 Å². The van der Waals surface area contributed by atoms with Crippen LogP contribution in [-0.2, 0) is 16.8 Å².